The standard InChI is InChI=1S/C19H24N6S/c1-14-22-15(12-26-14)11-24-6-8-25(9-7-24)16-4-5-18-17(10-16)19(23(2)3)21-13-20-18/h4-5,10,12-13H,6-9,11H2,1-3H3. The van der Waals surface area contributed by atoms with Crippen LogP contribution < -0.4 is 9.80 Å². The number of aromatic nitrogens is 3. The van der Waals surface area contributed by atoms with E-state index in [1.54, 1.807) is 17.7 Å². The van der Waals surface area contributed by atoms with Crippen molar-refractivity contribution in [1.29, 1.82) is 0 Å². The molecule has 0 aliphatic carbocycles. The Morgan fingerprint density at radius 2 is 1.92 bits per heavy atom. The van der Waals surface area contributed by atoms with Crippen LogP contribution in [0.2, 0.25) is 0 Å². The molecule has 0 N–H and O–H groups in total. The Labute approximate surface area is 158 Å². The molecule has 0 unspecified atom stereocenters. The van der Waals surface area contributed by atoms with Gasteiger partial charge in [0.2, 0.25) is 0 Å². The minimum absolute atomic E-state index is 0.953. The van der Waals surface area contributed by atoms with Gasteiger partial charge >= 0.3 is 0 Å². The van der Waals surface area contributed by atoms with Crippen LogP contribution in [0.3, 0.4) is 0 Å². The number of hydrogen-bond donors (Lipinski definition) is 0. The first kappa shape index (κ1) is 17.2. The highest BCUT2D eigenvalue weighted by atomic mass is 32.1. The van der Waals surface area contributed by atoms with E-state index in [4.69, 9.17) is 0 Å². The minimum Gasteiger partial charge on any atom is -0.369 e. The number of anilines is 2. The normalized spacial score (nSPS) is 15.6. The molecule has 0 bridgehead atoms. The Bertz CT molecular complexity index is 898. The van der Waals surface area contributed by atoms with Gasteiger partial charge in [0.1, 0.15) is 12.1 Å². The predicted molar refractivity (Wildman–Crippen MR) is 108 cm³/mol. The number of benzene rings is 1. The van der Waals surface area contributed by atoms with Gasteiger partial charge in [-0.1, -0.05) is 0 Å². The lowest BCUT2D eigenvalue weighted by Crippen LogP contribution is -2.46. The van der Waals surface area contributed by atoms with Crippen LogP contribution in [0, 0.1) is 6.92 Å². The summed E-state index contributed by atoms with van der Waals surface area (Å²) in [5, 5.41) is 4.43. The van der Waals surface area contributed by atoms with E-state index in [9.17, 15) is 0 Å². The summed E-state index contributed by atoms with van der Waals surface area (Å²) in [6.07, 6.45) is 1.64. The van der Waals surface area contributed by atoms with Crippen molar-refractivity contribution < 1.29 is 0 Å². The molecule has 2 aromatic heterocycles. The van der Waals surface area contributed by atoms with Crippen molar-refractivity contribution in [2.24, 2.45) is 0 Å². The highest BCUT2D eigenvalue weighted by Gasteiger charge is 2.19. The third-order valence-electron chi connectivity index (χ3n) is 4.81. The summed E-state index contributed by atoms with van der Waals surface area (Å²) in [6.45, 7) is 7.19. The van der Waals surface area contributed by atoms with Crippen LogP contribution >= 0.6 is 11.3 Å². The molecule has 0 atom stereocenters. The molecule has 1 aliphatic heterocycles. The Morgan fingerprint density at radius 3 is 2.62 bits per heavy atom. The van der Waals surface area contributed by atoms with Gasteiger partial charge in [0.05, 0.1) is 16.2 Å². The van der Waals surface area contributed by atoms with E-state index in [1.165, 1.54) is 11.4 Å². The fraction of sp³-hybridized carbons (Fsp3) is 0.421. The topological polar surface area (TPSA) is 48.4 Å². The Hall–Kier alpha value is -2.25. The summed E-state index contributed by atoms with van der Waals surface area (Å²) in [5.74, 6) is 0.967. The number of fused-ring (bicyclic) bond motifs is 1. The molecule has 3 heterocycles. The lowest BCUT2D eigenvalue weighted by molar-refractivity contribution is 0.247. The molecule has 26 heavy (non-hydrogen) atoms. The molecule has 0 amide bonds. The molecular weight excluding hydrogens is 344 g/mol. The third-order valence-corrected chi connectivity index (χ3v) is 5.63. The molecule has 0 radical (unpaired) electrons. The molecule has 4 rings (SSSR count). The summed E-state index contributed by atoms with van der Waals surface area (Å²) in [5.41, 5.74) is 3.43. The van der Waals surface area contributed by atoms with Crippen LogP contribution in [0.1, 0.15) is 10.7 Å². The molecular formula is C19H24N6S. The van der Waals surface area contributed by atoms with Crippen LogP contribution in [0.15, 0.2) is 29.9 Å². The van der Waals surface area contributed by atoms with E-state index in [-0.39, 0.29) is 0 Å². The highest BCUT2D eigenvalue weighted by Crippen LogP contribution is 2.27. The van der Waals surface area contributed by atoms with Crippen molar-refractivity contribution in [2.45, 2.75) is 13.5 Å². The molecule has 0 spiro atoms. The van der Waals surface area contributed by atoms with Crippen LogP contribution in [0.4, 0.5) is 11.5 Å². The number of aryl methyl sites for hydroxylation is 1. The van der Waals surface area contributed by atoms with Gasteiger partial charge in [-0.25, -0.2) is 15.0 Å². The van der Waals surface area contributed by atoms with Gasteiger partial charge in [-0.3, -0.25) is 4.90 Å². The van der Waals surface area contributed by atoms with Crippen LogP contribution in [-0.2, 0) is 6.54 Å². The first-order chi connectivity index (χ1) is 12.6. The van der Waals surface area contributed by atoms with Gasteiger partial charge in [0.15, 0.2) is 0 Å². The second kappa shape index (κ2) is 7.17. The summed E-state index contributed by atoms with van der Waals surface area (Å²) in [7, 11) is 4.04. The summed E-state index contributed by atoms with van der Waals surface area (Å²) >= 11 is 1.73. The second-order valence-electron chi connectivity index (χ2n) is 6.91. The number of hydrogen-bond acceptors (Lipinski definition) is 7. The molecule has 1 aliphatic rings. The lowest BCUT2D eigenvalue weighted by atomic mass is 10.1. The van der Waals surface area contributed by atoms with Crippen molar-refractivity contribution >= 4 is 33.7 Å². The van der Waals surface area contributed by atoms with Gasteiger partial charge < -0.3 is 9.80 Å². The SMILES string of the molecule is Cc1nc(CN2CCN(c3ccc4ncnc(N(C)C)c4c3)CC2)cs1. The van der Waals surface area contributed by atoms with Crippen molar-refractivity contribution in [3.8, 4) is 0 Å². The Kier molecular flexibility index (Phi) is 4.74. The lowest BCUT2D eigenvalue weighted by Gasteiger charge is -2.36. The largest absolute Gasteiger partial charge is 0.369 e. The molecule has 1 fully saturated rings. The van der Waals surface area contributed by atoms with Crippen LogP contribution in [0.5, 0.6) is 0 Å². The first-order valence-corrected chi connectivity index (χ1v) is 9.78. The monoisotopic (exact) mass is 368 g/mol. The zero-order chi connectivity index (χ0) is 18.1. The maximum atomic E-state index is 4.59. The van der Waals surface area contributed by atoms with Gasteiger partial charge in [0, 0.05) is 63.3 Å². The average molecular weight is 369 g/mol. The summed E-state index contributed by atoms with van der Waals surface area (Å²) in [4.78, 5) is 20.4. The number of nitrogens with zero attached hydrogens (tertiary/aromatic N) is 6. The quantitative estimate of drug-likeness (QED) is 0.706. The third kappa shape index (κ3) is 3.50. The van der Waals surface area contributed by atoms with Crippen molar-refractivity contribution in [3.05, 3.63) is 40.6 Å². The van der Waals surface area contributed by atoms with Gasteiger partial charge in [-0.05, 0) is 25.1 Å². The first-order valence-electron chi connectivity index (χ1n) is 8.90. The van der Waals surface area contributed by atoms with Crippen molar-refractivity contribution in [1.82, 2.24) is 19.9 Å². The molecule has 1 aromatic carbocycles. The smallest absolute Gasteiger partial charge is 0.139 e. The highest BCUT2D eigenvalue weighted by molar-refractivity contribution is 7.09. The molecule has 6 nitrogen and oxygen atoms in total. The van der Waals surface area contributed by atoms with Crippen molar-refractivity contribution in [2.75, 3.05) is 50.1 Å². The maximum Gasteiger partial charge on any atom is 0.139 e. The number of thiazole rings is 1. The zero-order valence-corrected chi connectivity index (χ0v) is 16.3. The van der Waals surface area contributed by atoms with Crippen LogP contribution in [-0.4, -0.2) is 60.1 Å². The molecule has 0 saturated carbocycles. The maximum absolute atomic E-state index is 4.59. The number of rotatable bonds is 4. The Balaban J connectivity index is 1.48. The van der Waals surface area contributed by atoms with Gasteiger partial charge in [0.25, 0.3) is 0 Å². The minimum atomic E-state index is 0.953. The van der Waals surface area contributed by atoms with E-state index >= 15 is 0 Å². The van der Waals surface area contributed by atoms with Crippen molar-refractivity contribution in [3.63, 3.8) is 0 Å². The molecule has 1 saturated heterocycles. The van der Waals surface area contributed by atoms with Crippen LogP contribution in [0.25, 0.3) is 10.9 Å². The van der Waals surface area contributed by atoms with E-state index in [2.05, 4.69) is 55.3 Å². The Morgan fingerprint density at radius 1 is 1.12 bits per heavy atom. The van der Waals surface area contributed by atoms with Gasteiger partial charge in [-0.2, -0.15) is 0 Å². The predicted octanol–water partition coefficient (Wildman–Crippen LogP) is 2.78. The molecule has 7 heteroatoms. The van der Waals surface area contributed by atoms with E-state index < -0.39 is 0 Å². The average Bonchev–Trinajstić information content (AvgIpc) is 3.06. The molecule has 136 valence electrons. The van der Waals surface area contributed by atoms with E-state index in [1.807, 2.05) is 19.0 Å². The van der Waals surface area contributed by atoms with Gasteiger partial charge in [-0.15, -0.1) is 11.3 Å². The zero-order valence-electron chi connectivity index (χ0n) is 15.5. The fourth-order valence-electron chi connectivity index (χ4n) is 3.46. The van der Waals surface area contributed by atoms with E-state index in [0.29, 0.717) is 0 Å². The fourth-order valence-corrected chi connectivity index (χ4v) is 4.06. The number of piperazine rings is 1. The second-order valence-corrected chi connectivity index (χ2v) is 7.98. The summed E-state index contributed by atoms with van der Waals surface area (Å²) < 4.78 is 0. The molecule has 3 aromatic rings. The summed E-state index contributed by atoms with van der Waals surface area (Å²) in [6, 6.07) is 6.50. The van der Waals surface area contributed by atoms with E-state index in [0.717, 1.165) is 54.5 Å².